The van der Waals surface area contributed by atoms with Crippen molar-refractivity contribution in [2.75, 3.05) is 52.0 Å². The van der Waals surface area contributed by atoms with Crippen LogP contribution in [0.3, 0.4) is 0 Å². The van der Waals surface area contributed by atoms with Crippen LogP contribution >= 0.6 is 0 Å². The van der Waals surface area contributed by atoms with Gasteiger partial charge in [-0.25, -0.2) is 4.79 Å². The molecule has 1 atom stereocenters. The highest BCUT2D eigenvalue weighted by Gasteiger charge is 2.42. The fourth-order valence-electron chi connectivity index (χ4n) is 4.40. The Kier molecular flexibility index (Phi) is 5.30. The van der Waals surface area contributed by atoms with E-state index in [2.05, 4.69) is 5.32 Å². The van der Waals surface area contributed by atoms with Gasteiger partial charge in [0.15, 0.2) is 11.5 Å². The lowest BCUT2D eigenvalue weighted by Crippen LogP contribution is -2.56. The topological polar surface area (TPSA) is 80.3 Å². The largest absolute Gasteiger partial charge is 0.454 e. The van der Waals surface area contributed by atoms with E-state index < -0.39 is 0 Å². The van der Waals surface area contributed by atoms with Gasteiger partial charge in [0.05, 0.1) is 6.61 Å². The third-order valence-corrected chi connectivity index (χ3v) is 5.89. The van der Waals surface area contributed by atoms with Crippen molar-refractivity contribution < 1.29 is 23.8 Å². The minimum absolute atomic E-state index is 0.0217. The van der Waals surface area contributed by atoms with Crippen LogP contribution in [0.5, 0.6) is 11.5 Å². The highest BCUT2D eigenvalue weighted by Crippen LogP contribution is 2.39. The molecule has 0 aromatic heterocycles. The van der Waals surface area contributed by atoms with E-state index in [1.165, 1.54) is 0 Å². The van der Waals surface area contributed by atoms with Gasteiger partial charge in [-0.2, -0.15) is 0 Å². The maximum atomic E-state index is 12.9. The summed E-state index contributed by atoms with van der Waals surface area (Å²) in [5, 5.41) is 2.97. The average molecular weight is 389 g/mol. The molecule has 28 heavy (non-hydrogen) atoms. The Morgan fingerprint density at radius 1 is 1.25 bits per heavy atom. The summed E-state index contributed by atoms with van der Waals surface area (Å²) in [6.07, 6.45) is 3.36. The van der Waals surface area contributed by atoms with E-state index in [1.807, 2.05) is 15.9 Å². The lowest BCUT2D eigenvalue weighted by molar-refractivity contribution is -0.139. The number of carbonyl (C=O) groups excluding carboxylic acids is 2. The second-order valence-corrected chi connectivity index (χ2v) is 7.83. The first-order chi connectivity index (χ1) is 13.6. The van der Waals surface area contributed by atoms with Gasteiger partial charge in [-0.1, -0.05) is 0 Å². The number of nitrogens with zero attached hydrogens (tertiary/aromatic N) is 2. The molecule has 152 valence electrons. The maximum Gasteiger partial charge on any atom is 0.321 e. The van der Waals surface area contributed by atoms with Crippen LogP contribution in [0.1, 0.15) is 25.7 Å². The molecule has 0 aliphatic carbocycles. The normalized spacial score (nSPS) is 24.0. The Morgan fingerprint density at radius 2 is 2.11 bits per heavy atom. The van der Waals surface area contributed by atoms with Crippen molar-refractivity contribution in [2.45, 2.75) is 25.7 Å². The van der Waals surface area contributed by atoms with Gasteiger partial charge in [-0.15, -0.1) is 0 Å². The van der Waals surface area contributed by atoms with Crippen molar-refractivity contribution in [1.82, 2.24) is 9.80 Å². The van der Waals surface area contributed by atoms with Gasteiger partial charge < -0.3 is 29.3 Å². The third kappa shape index (κ3) is 3.87. The molecule has 2 fully saturated rings. The fourth-order valence-corrected chi connectivity index (χ4v) is 4.40. The molecule has 8 nitrogen and oxygen atoms in total. The SMILES string of the molecule is COCCN1CC2(CCCN(C(=O)Nc3ccc4c(c3)OCO4)C2)CCC1=O. The highest BCUT2D eigenvalue weighted by molar-refractivity contribution is 5.90. The monoisotopic (exact) mass is 389 g/mol. The van der Waals surface area contributed by atoms with E-state index in [4.69, 9.17) is 14.2 Å². The van der Waals surface area contributed by atoms with Crippen molar-refractivity contribution in [2.24, 2.45) is 5.41 Å². The molecule has 2 saturated heterocycles. The lowest BCUT2D eigenvalue weighted by atomic mass is 9.73. The molecule has 3 amide bonds. The Hall–Kier alpha value is -2.48. The van der Waals surface area contributed by atoms with Crippen LogP contribution in [0.25, 0.3) is 0 Å². The Balaban J connectivity index is 1.40. The van der Waals surface area contributed by atoms with Gasteiger partial charge in [0.25, 0.3) is 0 Å². The number of hydrogen-bond acceptors (Lipinski definition) is 5. The predicted octanol–water partition coefficient (Wildman–Crippen LogP) is 2.30. The van der Waals surface area contributed by atoms with Gasteiger partial charge in [-0.05, 0) is 31.4 Å². The minimum Gasteiger partial charge on any atom is -0.454 e. The molecule has 0 bridgehead atoms. The third-order valence-electron chi connectivity index (χ3n) is 5.89. The number of ether oxygens (including phenoxy) is 3. The Labute approximate surface area is 164 Å². The zero-order valence-corrected chi connectivity index (χ0v) is 16.2. The van der Waals surface area contributed by atoms with Crippen LogP contribution in [-0.4, -0.2) is 68.4 Å². The molecule has 1 N–H and O–H groups in total. The van der Waals surface area contributed by atoms with Crippen molar-refractivity contribution in [1.29, 1.82) is 0 Å². The van der Waals surface area contributed by atoms with Gasteiger partial charge in [0.1, 0.15) is 0 Å². The van der Waals surface area contributed by atoms with Crippen LogP contribution in [0, 0.1) is 5.41 Å². The second kappa shape index (κ2) is 7.87. The number of piperidine rings is 2. The van der Waals surface area contributed by atoms with E-state index in [0.29, 0.717) is 49.8 Å². The van der Waals surface area contributed by atoms with E-state index in [1.54, 1.807) is 19.2 Å². The van der Waals surface area contributed by atoms with Gasteiger partial charge >= 0.3 is 6.03 Å². The van der Waals surface area contributed by atoms with Crippen LogP contribution in [-0.2, 0) is 9.53 Å². The zero-order valence-electron chi connectivity index (χ0n) is 16.2. The first-order valence-corrected chi connectivity index (χ1v) is 9.81. The first-order valence-electron chi connectivity index (χ1n) is 9.81. The first kappa shape index (κ1) is 18.9. The maximum absolute atomic E-state index is 12.9. The smallest absolute Gasteiger partial charge is 0.321 e. The molecule has 4 rings (SSSR count). The fraction of sp³-hybridized carbons (Fsp3) is 0.600. The number of rotatable bonds is 4. The van der Waals surface area contributed by atoms with Crippen LogP contribution in [0.15, 0.2) is 18.2 Å². The number of likely N-dealkylation sites (tertiary alicyclic amines) is 2. The predicted molar refractivity (Wildman–Crippen MR) is 103 cm³/mol. The van der Waals surface area contributed by atoms with Crippen LogP contribution in [0.2, 0.25) is 0 Å². The van der Waals surface area contributed by atoms with Crippen LogP contribution in [0.4, 0.5) is 10.5 Å². The van der Waals surface area contributed by atoms with Crippen LogP contribution < -0.4 is 14.8 Å². The molecular formula is C20H27N3O5. The molecule has 3 heterocycles. The molecule has 3 aliphatic rings. The number of urea groups is 1. The molecule has 1 unspecified atom stereocenters. The second-order valence-electron chi connectivity index (χ2n) is 7.83. The summed E-state index contributed by atoms with van der Waals surface area (Å²) in [5.41, 5.74) is 0.668. The molecule has 1 aromatic rings. The summed E-state index contributed by atoms with van der Waals surface area (Å²) < 4.78 is 15.8. The summed E-state index contributed by atoms with van der Waals surface area (Å²) in [6, 6.07) is 5.29. The van der Waals surface area contributed by atoms with Gasteiger partial charge in [0, 0.05) is 56.9 Å². The molecule has 1 aromatic carbocycles. The van der Waals surface area contributed by atoms with E-state index in [9.17, 15) is 9.59 Å². The van der Waals surface area contributed by atoms with Crippen molar-refractivity contribution >= 4 is 17.6 Å². The molecule has 0 radical (unpaired) electrons. The molecule has 1 spiro atoms. The number of amides is 3. The van der Waals surface area contributed by atoms with E-state index in [0.717, 1.165) is 25.8 Å². The van der Waals surface area contributed by atoms with Gasteiger partial charge in [0.2, 0.25) is 12.7 Å². The molecule has 0 saturated carbocycles. The number of methoxy groups -OCH3 is 1. The standard InChI is InChI=1S/C20H27N3O5/c1-26-10-9-22-12-20(7-5-18(22)24)6-2-8-23(13-20)19(25)21-15-3-4-16-17(11-15)28-14-27-16/h3-4,11H,2,5-10,12-14H2,1H3,(H,21,25). The number of fused-ring (bicyclic) bond motifs is 1. The zero-order chi connectivity index (χ0) is 19.6. The number of anilines is 1. The number of benzene rings is 1. The molecular weight excluding hydrogens is 362 g/mol. The summed E-state index contributed by atoms with van der Waals surface area (Å²) in [6.45, 7) is 3.45. The number of nitrogens with one attached hydrogen (secondary N) is 1. The van der Waals surface area contributed by atoms with E-state index >= 15 is 0 Å². The molecule has 8 heteroatoms. The minimum atomic E-state index is -0.113. The van der Waals surface area contributed by atoms with Crippen molar-refractivity contribution in [3.8, 4) is 11.5 Å². The average Bonchev–Trinajstić information content (AvgIpc) is 3.17. The Bertz CT molecular complexity index is 755. The number of carbonyl (C=O) groups is 2. The molecule has 3 aliphatic heterocycles. The lowest BCUT2D eigenvalue weighted by Gasteiger charge is -2.48. The van der Waals surface area contributed by atoms with Crippen molar-refractivity contribution in [3.05, 3.63) is 18.2 Å². The summed E-state index contributed by atoms with van der Waals surface area (Å²) >= 11 is 0. The summed E-state index contributed by atoms with van der Waals surface area (Å²) in [4.78, 5) is 28.9. The number of hydrogen-bond donors (Lipinski definition) is 1. The van der Waals surface area contributed by atoms with Gasteiger partial charge in [-0.3, -0.25) is 4.79 Å². The highest BCUT2D eigenvalue weighted by atomic mass is 16.7. The summed E-state index contributed by atoms with van der Waals surface area (Å²) in [7, 11) is 1.65. The van der Waals surface area contributed by atoms with E-state index in [-0.39, 0.29) is 24.1 Å². The Morgan fingerprint density at radius 3 is 2.96 bits per heavy atom. The quantitative estimate of drug-likeness (QED) is 0.855. The summed E-state index contributed by atoms with van der Waals surface area (Å²) in [5.74, 6) is 1.52. The van der Waals surface area contributed by atoms with Crippen molar-refractivity contribution in [3.63, 3.8) is 0 Å².